The van der Waals surface area contributed by atoms with Crippen LogP contribution in [0.1, 0.15) is 33.3 Å². The molecular formula is C15H26BNO2. The van der Waals surface area contributed by atoms with E-state index >= 15 is 0 Å². The van der Waals surface area contributed by atoms with Gasteiger partial charge >= 0.3 is 7.12 Å². The van der Waals surface area contributed by atoms with Gasteiger partial charge in [-0.15, -0.1) is 0 Å². The maximum atomic E-state index is 9.08. The summed E-state index contributed by atoms with van der Waals surface area (Å²) in [7, 11) is -1.38. The molecule has 0 aliphatic heterocycles. The highest BCUT2D eigenvalue weighted by atomic mass is 16.4. The fraction of sp³-hybridized carbons (Fsp3) is 0.600. The van der Waals surface area contributed by atoms with Crippen LogP contribution in [0.15, 0.2) is 24.3 Å². The van der Waals surface area contributed by atoms with Crippen molar-refractivity contribution in [1.82, 2.24) is 4.90 Å². The molecular weight excluding hydrogens is 237 g/mol. The van der Waals surface area contributed by atoms with Crippen molar-refractivity contribution in [1.29, 1.82) is 0 Å². The van der Waals surface area contributed by atoms with Gasteiger partial charge in [-0.3, -0.25) is 4.90 Å². The van der Waals surface area contributed by atoms with Crippen molar-refractivity contribution in [2.75, 3.05) is 13.1 Å². The lowest BCUT2D eigenvalue weighted by molar-refractivity contribution is 0.211. The highest BCUT2D eigenvalue weighted by molar-refractivity contribution is 6.58. The molecule has 19 heavy (non-hydrogen) atoms. The van der Waals surface area contributed by atoms with Crippen molar-refractivity contribution < 1.29 is 10.0 Å². The molecule has 0 fully saturated rings. The summed E-state index contributed by atoms with van der Waals surface area (Å²) in [4.78, 5) is 2.46. The SMILES string of the molecule is CC(C)CN(Cc1ccc(B(O)O)cc1)CC(C)C. The molecule has 1 aromatic rings. The van der Waals surface area contributed by atoms with E-state index in [2.05, 4.69) is 32.6 Å². The van der Waals surface area contributed by atoms with Gasteiger partial charge in [0.05, 0.1) is 0 Å². The van der Waals surface area contributed by atoms with E-state index in [1.807, 2.05) is 12.1 Å². The quantitative estimate of drug-likeness (QED) is 0.732. The molecule has 4 heteroatoms. The molecule has 0 saturated carbocycles. The van der Waals surface area contributed by atoms with Gasteiger partial charge in [-0.25, -0.2) is 0 Å². The molecule has 0 aliphatic rings. The summed E-state index contributed by atoms with van der Waals surface area (Å²) in [5.74, 6) is 1.30. The first-order chi connectivity index (χ1) is 8.88. The van der Waals surface area contributed by atoms with E-state index in [-0.39, 0.29) is 0 Å². The van der Waals surface area contributed by atoms with E-state index in [0.29, 0.717) is 17.3 Å². The van der Waals surface area contributed by atoms with Crippen LogP contribution in [0.25, 0.3) is 0 Å². The van der Waals surface area contributed by atoms with Crippen LogP contribution in [-0.4, -0.2) is 35.2 Å². The Kier molecular flexibility index (Phi) is 6.56. The molecule has 0 atom stereocenters. The standard InChI is InChI=1S/C15H26BNO2/c1-12(2)9-17(10-13(3)4)11-14-5-7-15(8-6-14)16(18)19/h5-8,12-13,18-19H,9-11H2,1-4H3. The van der Waals surface area contributed by atoms with E-state index in [4.69, 9.17) is 10.0 Å². The Morgan fingerprint density at radius 1 is 0.947 bits per heavy atom. The van der Waals surface area contributed by atoms with Gasteiger partial charge in [-0.2, -0.15) is 0 Å². The van der Waals surface area contributed by atoms with Crippen LogP contribution in [0.4, 0.5) is 0 Å². The van der Waals surface area contributed by atoms with E-state index < -0.39 is 7.12 Å². The van der Waals surface area contributed by atoms with Crippen LogP contribution < -0.4 is 5.46 Å². The Bertz CT molecular complexity index is 353. The molecule has 0 unspecified atom stereocenters. The van der Waals surface area contributed by atoms with E-state index in [1.54, 1.807) is 12.1 Å². The van der Waals surface area contributed by atoms with Gasteiger partial charge in [0, 0.05) is 19.6 Å². The molecule has 0 aliphatic carbocycles. The third-order valence-electron chi connectivity index (χ3n) is 2.93. The predicted molar refractivity (Wildman–Crippen MR) is 81.2 cm³/mol. The third-order valence-corrected chi connectivity index (χ3v) is 2.93. The van der Waals surface area contributed by atoms with Crippen molar-refractivity contribution in [3.05, 3.63) is 29.8 Å². The molecule has 0 heterocycles. The first-order valence-corrected chi connectivity index (χ1v) is 7.05. The zero-order valence-corrected chi connectivity index (χ0v) is 12.5. The molecule has 0 bridgehead atoms. The Morgan fingerprint density at radius 2 is 1.42 bits per heavy atom. The average molecular weight is 263 g/mol. The Labute approximate surface area is 117 Å². The number of rotatable bonds is 7. The highest BCUT2D eigenvalue weighted by Gasteiger charge is 2.12. The summed E-state index contributed by atoms with van der Waals surface area (Å²) in [6.07, 6.45) is 0. The monoisotopic (exact) mass is 263 g/mol. The third kappa shape index (κ3) is 6.23. The van der Waals surface area contributed by atoms with Crippen molar-refractivity contribution in [2.45, 2.75) is 34.2 Å². The largest absolute Gasteiger partial charge is 0.488 e. The average Bonchev–Trinajstić information content (AvgIpc) is 2.27. The van der Waals surface area contributed by atoms with Crippen LogP contribution in [0.5, 0.6) is 0 Å². The Morgan fingerprint density at radius 3 is 1.79 bits per heavy atom. The van der Waals surface area contributed by atoms with Crippen LogP contribution in [0.3, 0.4) is 0 Å². The zero-order valence-electron chi connectivity index (χ0n) is 12.5. The summed E-state index contributed by atoms with van der Waals surface area (Å²) < 4.78 is 0. The smallest absolute Gasteiger partial charge is 0.423 e. The lowest BCUT2D eigenvalue weighted by atomic mass is 9.80. The lowest BCUT2D eigenvalue weighted by Crippen LogP contribution is -2.32. The lowest BCUT2D eigenvalue weighted by Gasteiger charge is -2.26. The van der Waals surface area contributed by atoms with Gasteiger partial charge in [0.1, 0.15) is 0 Å². The van der Waals surface area contributed by atoms with Crippen molar-refractivity contribution in [3.8, 4) is 0 Å². The molecule has 0 spiro atoms. The summed E-state index contributed by atoms with van der Waals surface area (Å²) in [6, 6.07) is 7.51. The number of hydrogen-bond acceptors (Lipinski definition) is 3. The van der Waals surface area contributed by atoms with Crippen molar-refractivity contribution in [3.63, 3.8) is 0 Å². The van der Waals surface area contributed by atoms with E-state index in [9.17, 15) is 0 Å². The molecule has 3 nitrogen and oxygen atoms in total. The second-order valence-electron chi connectivity index (χ2n) is 6.10. The Balaban J connectivity index is 2.66. The van der Waals surface area contributed by atoms with E-state index in [1.165, 1.54) is 5.56 Å². The van der Waals surface area contributed by atoms with Gasteiger partial charge in [-0.1, -0.05) is 52.0 Å². The minimum Gasteiger partial charge on any atom is -0.423 e. The van der Waals surface area contributed by atoms with Crippen LogP contribution in [-0.2, 0) is 6.54 Å². The van der Waals surface area contributed by atoms with Gasteiger partial charge in [0.25, 0.3) is 0 Å². The molecule has 0 radical (unpaired) electrons. The normalized spacial score (nSPS) is 11.6. The minimum atomic E-state index is -1.38. The zero-order chi connectivity index (χ0) is 14.4. The number of hydrogen-bond donors (Lipinski definition) is 2. The second-order valence-corrected chi connectivity index (χ2v) is 6.10. The van der Waals surface area contributed by atoms with Gasteiger partial charge < -0.3 is 10.0 Å². The Hall–Kier alpha value is -0.835. The van der Waals surface area contributed by atoms with Gasteiger partial charge in [0.15, 0.2) is 0 Å². The van der Waals surface area contributed by atoms with Gasteiger partial charge in [0.2, 0.25) is 0 Å². The second kappa shape index (κ2) is 7.68. The fourth-order valence-electron chi connectivity index (χ4n) is 2.29. The number of benzene rings is 1. The maximum Gasteiger partial charge on any atom is 0.488 e. The van der Waals surface area contributed by atoms with Crippen LogP contribution in [0.2, 0.25) is 0 Å². The molecule has 0 aromatic heterocycles. The molecule has 0 saturated heterocycles. The molecule has 1 rings (SSSR count). The maximum absolute atomic E-state index is 9.08. The van der Waals surface area contributed by atoms with Crippen LogP contribution in [0, 0.1) is 11.8 Å². The summed E-state index contributed by atoms with van der Waals surface area (Å²) >= 11 is 0. The van der Waals surface area contributed by atoms with Crippen molar-refractivity contribution >= 4 is 12.6 Å². The first kappa shape index (κ1) is 16.2. The number of nitrogens with zero attached hydrogens (tertiary/aromatic N) is 1. The molecule has 0 amide bonds. The minimum absolute atomic E-state index is 0.544. The first-order valence-electron chi connectivity index (χ1n) is 7.05. The topological polar surface area (TPSA) is 43.7 Å². The van der Waals surface area contributed by atoms with Crippen molar-refractivity contribution in [2.24, 2.45) is 11.8 Å². The van der Waals surface area contributed by atoms with Crippen LogP contribution >= 0.6 is 0 Å². The summed E-state index contributed by atoms with van der Waals surface area (Å²) in [5.41, 5.74) is 1.76. The van der Waals surface area contributed by atoms with Gasteiger partial charge in [-0.05, 0) is 22.9 Å². The summed E-state index contributed by atoms with van der Waals surface area (Å²) in [5, 5.41) is 18.2. The molecule has 2 N–H and O–H groups in total. The molecule has 1 aromatic carbocycles. The fourth-order valence-corrected chi connectivity index (χ4v) is 2.29. The molecule has 106 valence electrons. The predicted octanol–water partition coefficient (Wildman–Crippen LogP) is 1.48. The highest BCUT2D eigenvalue weighted by Crippen LogP contribution is 2.09. The summed E-state index contributed by atoms with van der Waals surface area (Å²) in [6.45, 7) is 12.0. The van der Waals surface area contributed by atoms with E-state index in [0.717, 1.165) is 19.6 Å².